The van der Waals surface area contributed by atoms with Crippen molar-refractivity contribution in [2.24, 2.45) is 10.9 Å². The first kappa shape index (κ1) is 22.3. The van der Waals surface area contributed by atoms with Gasteiger partial charge in [0.1, 0.15) is 0 Å². The summed E-state index contributed by atoms with van der Waals surface area (Å²) in [6, 6.07) is 17.9. The molecule has 2 aromatic carbocycles. The van der Waals surface area contributed by atoms with Gasteiger partial charge in [-0.25, -0.2) is 8.42 Å². The number of hydrogen-bond acceptors (Lipinski definition) is 3. The topological polar surface area (TPSA) is 61.8 Å². The van der Waals surface area contributed by atoms with Gasteiger partial charge in [-0.2, -0.15) is 0 Å². The van der Waals surface area contributed by atoms with E-state index in [-0.39, 0.29) is 0 Å². The van der Waals surface area contributed by atoms with Crippen molar-refractivity contribution in [3.05, 3.63) is 65.7 Å². The average Bonchev–Trinajstić information content (AvgIpc) is 2.73. The number of aliphatic imine (C=N–C) groups is 1. The minimum atomic E-state index is -3.15. The smallest absolute Gasteiger partial charge is 0.193 e. The number of rotatable bonds is 6. The van der Waals surface area contributed by atoms with Crippen molar-refractivity contribution in [1.82, 2.24) is 10.2 Å². The van der Waals surface area contributed by atoms with E-state index in [0.29, 0.717) is 23.3 Å². The summed E-state index contributed by atoms with van der Waals surface area (Å²) in [6.45, 7) is 7.94. The Kier molecular flexibility index (Phi) is 7.53. The molecule has 2 aromatic rings. The molecule has 162 valence electrons. The minimum Gasteiger partial charge on any atom is -0.357 e. The zero-order valence-corrected chi connectivity index (χ0v) is 19.0. The van der Waals surface area contributed by atoms with Crippen LogP contribution in [0.25, 0.3) is 0 Å². The molecule has 30 heavy (non-hydrogen) atoms. The van der Waals surface area contributed by atoms with E-state index in [2.05, 4.69) is 54.4 Å². The lowest BCUT2D eigenvalue weighted by molar-refractivity contribution is 0.234. The molecule has 0 radical (unpaired) electrons. The van der Waals surface area contributed by atoms with Crippen molar-refractivity contribution in [2.45, 2.75) is 37.5 Å². The summed E-state index contributed by atoms with van der Waals surface area (Å²) in [7, 11) is -3.15. The first-order chi connectivity index (χ1) is 14.4. The van der Waals surface area contributed by atoms with Crippen LogP contribution in [0.4, 0.5) is 0 Å². The zero-order chi connectivity index (χ0) is 21.6. The fourth-order valence-electron chi connectivity index (χ4n) is 4.15. The molecule has 0 saturated carbocycles. The highest BCUT2D eigenvalue weighted by atomic mass is 32.2. The van der Waals surface area contributed by atoms with Crippen LogP contribution < -0.4 is 5.32 Å². The Morgan fingerprint density at radius 3 is 2.43 bits per heavy atom. The van der Waals surface area contributed by atoms with E-state index in [9.17, 15) is 8.42 Å². The monoisotopic (exact) mass is 427 g/mol. The third-order valence-electron chi connectivity index (χ3n) is 5.78. The van der Waals surface area contributed by atoms with Crippen LogP contribution >= 0.6 is 0 Å². The Balaban J connectivity index is 1.61. The summed E-state index contributed by atoms with van der Waals surface area (Å²) in [6.07, 6.45) is 3.15. The summed E-state index contributed by atoms with van der Waals surface area (Å²) >= 11 is 0. The van der Waals surface area contributed by atoms with Crippen molar-refractivity contribution in [2.75, 3.05) is 32.4 Å². The molecule has 1 N–H and O–H groups in total. The average molecular weight is 428 g/mol. The predicted molar refractivity (Wildman–Crippen MR) is 124 cm³/mol. The lowest BCUT2D eigenvalue weighted by atomic mass is 9.82. The SMILES string of the molecule is CCNC(=NCCc1ccc(S(C)(=O)=O)cc1)N1CCC(c2ccccc2)C(C)C1. The van der Waals surface area contributed by atoms with Gasteiger partial charge in [-0.15, -0.1) is 0 Å². The van der Waals surface area contributed by atoms with Crippen molar-refractivity contribution < 1.29 is 8.42 Å². The van der Waals surface area contributed by atoms with Crippen molar-refractivity contribution in [3.63, 3.8) is 0 Å². The molecule has 1 aliphatic rings. The zero-order valence-electron chi connectivity index (χ0n) is 18.2. The highest BCUT2D eigenvalue weighted by Crippen LogP contribution is 2.32. The summed E-state index contributed by atoms with van der Waals surface area (Å²) in [5.74, 6) is 2.14. The molecule has 2 atom stereocenters. The highest BCUT2D eigenvalue weighted by Gasteiger charge is 2.28. The number of sulfone groups is 1. The van der Waals surface area contributed by atoms with Gasteiger partial charge in [-0.1, -0.05) is 49.4 Å². The maximum atomic E-state index is 11.6. The number of guanidine groups is 1. The van der Waals surface area contributed by atoms with Gasteiger partial charge in [0, 0.05) is 32.4 Å². The number of likely N-dealkylation sites (tertiary alicyclic amines) is 1. The molecule has 0 aliphatic carbocycles. The molecule has 0 bridgehead atoms. The minimum absolute atomic E-state index is 0.360. The molecule has 1 fully saturated rings. The number of piperidine rings is 1. The third kappa shape index (κ3) is 5.85. The van der Waals surface area contributed by atoms with Gasteiger partial charge in [0.05, 0.1) is 4.90 Å². The van der Waals surface area contributed by atoms with Gasteiger partial charge in [0.2, 0.25) is 0 Å². The Labute approximate surface area is 181 Å². The van der Waals surface area contributed by atoms with Crippen LogP contribution in [0, 0.1) is 5.92 Å². The Morgan fingerprint density at radius 2 is 1.83 bits per heavy atom. The van der Waals surface area contributed by atoms with E-state index in [0.717, 1.165) is 44.0 Å². The van der Waals surface area contributed by atoms with Crippen LogP contribution in [-0.4, -0.2) is 51.7 Å². The van der Waals surface area contributed by atoms with Crippen LogP contribution in [0.5, 0.6) is 0 Å². The second kappa shape index (κ2) is 10.1. The van der Waals surface area contributed by atoms with Gasteiger partial charge in [-0.3, -0.25) is 4.99 Å². The molecule has 0 spiro atoms. The first-order valence-electron chi connectivity index (χ1n) is 10.8. The Bertz CT molecular complexity index is 940. The van der Waals surface area contributed by atoms with Crippen molar-refractivity contribution in [1.29, 1.82) is 0 Å². The quantitative estimate of drug-likeness (QED) is 0.564. The first-order valence-corrected chi connectivity index (χ1v) is 12.6. The van der Waals surface area contributed by atoms with E-state index >= 15 is 0 Å². The van der Waals surface area contributed by atoms with Crippen LogP contribution in [0.1, 0.15) is 37.3 Å². The lowest BCUT2D eigenvalue weighted by Crippen LogP contribution is -2.48. The normalized spacial score (nSPS) is 20.2. The van der Waals surface area contributed by atoms with E-state index in [1.54, 1.807) is 12.1 Å². The summed E-state index contributed by atoms with van der Waals surface area (Å²) in [5.41, 5.74) is 2.53. The second-order valence-electron chi connectivity index (χ2n) is 8.13. The third-order valence-corrected chi connectivity index (χ3v) is 6.91. The van der Waals surface area contributed by atoms with Gasteiger partial charge in [-0.05, 0) is 54.9 Å². The van der Waals surface area contributed by atoms with E-state index in [1.165, 1.54) is 11.8 Å². The highest BCUT2D eigenvalue weighted by molar-refractivity contribution is 7.90. The fraction of sp³-hybridized carbons (Fsp3) is 0.458. The molecule has 1 saturated heterocycles. The van der Waals surface area contributed by atoms with Crippen LogP contribution in [0.3, 0.4) is 0 Å². The second-order valence-corrected chi connectivity index (χ2v) is 10.1. The molecule has 0 amide bonds. The summed E-state index contributed by atoms with van der Waals surface area (Å²) < 4.78 is 23.2. The molecular weight excluding hydrogens is 394 g/mol. The molecule has 2 unspecified atom stereocenters. The molecule has 3 rings (SSSR count). The maximum absolute atomic E-state index is 11.6. The summed E-state index contributed by atoms with van der Waals surface area (Å²) in [4.78, 5) is 7.58. The van der Waals surface area contributed by atoms with E-state index in [4.69, 9.17) is 4.99 Å². The fourth-order valence-corrected chi connectivity index (χ4v) is 4.78. The van der Waals surface area contributed by atoms with Crippen molar-refractivity contribution >= 4 is 15.8 Å². The van der Waals surface area contributed by atoms with Gasteiger partial charge in [0.25, 0.3) is 0 Å². The number of nitrogens with zero attached hydrogens (tertiary/aromatic N) is 2. The molecule has 0 aromatic heterocycles. The Morgan fingerprint density at radius 1 is 1.13 bits per heavy atom. The van der Waals surface area contributed by atoms with E-state index < -0.39 is 9.84 Å². The van der Waals surface area contributed by atoms with Gasteiger partial charge < -0.3 is 10.2 Å². The number of hydrogen-bond donors (Lipinski definition) is 1. The molecule has 1 aliphatic heterocycles. The van der Waals surface area contributed by atoms with Crippen LogP contribution in [0.2, 0.25) is 0 Å². The van der Waals surface area contributed by atoms with Gasteiger partial charge >= 0.3 is 0 Å². The molecule has 6 heteroatoms. The van der Waals surface area contributed by atoms with Gasteiger partial charge in [0.15, 0.2) is 15.8 Å². The standard InChI is InChI=1S/C24H33N3O2S/c1-4-25-24(26-16-14-20-10-12-22(13-11-20)30(3,28)29)27-17-15-23(19(2)18-27)21-8-6-5-7-9-21/h5-13,19,23H,4,14-18H2,1-3H3,(H,25,26). The number of nitrogens with one attached hydrogen (secondary N) is 1. The van der Waals surface area contributed by atoms with Crippen molar-refractivity contribution in [3.8, 4) is 0 Å². The summed E-state index contributed by atoms with van der Waals surface area (Å²) in [5, 5.41) is 3.44. The molecule has 1 heterocycles. The maximum Gasteiger partial charge on any atom is 0.193 e. The van der Waals surface area contributed by atoms with Crippen LogP contribution in [0.15, 0.2) is 64.5 Å². The number of benzene rings is 2. The molecule has 5 nitrogen and oxygen atoms in total. The molecular formula is C24H33N3O2S. The Hall–Kier alpha value is -2.34. The van der Waals surface area contributed by atoms with Crippen LogP contribution in [-0.2, 0) is 16.3 Å². The van der Waals surface area contributed by atoms with E-state index in [1.807, 2.05) is 12.1 Å². The lowest BCUT2D eigenvalue weighted by Gasteiger charge is -2.39. The predicted octanol–water partition coefficient (Wildman–Crippen LogP) is 3.72. The largest absolute Gasteiger partial charge is 0.357 e.